The molecule has 26 heavy (non-hydrogen) atoms. The molecule has 6 heteroatoms. The van der Waals surface area contributed by atoms with E-state index in [2.05, 4.69) is 27.7 Å². The lowest BCUT2D eigenvalue weighted by Crippen LogP contribution is -2.57. The fourth-order valence-corrected chi connectivity index (χ4v) is 4.25. The number of aryl methyl sites for hydroxylation is 1. The average Bonchev–Trinajstić information content (AvgIpc) is 2.45. The normalized spacial score (nSPS) is 17.2. The third-order valence-electron chi connectivity index (χ3n) is 4.41. The maximum atomic E-state index is 11.6. The van der Waals surface area contributed by atoms with E-state index in [0.717, 1.165) is 29.4 Å². The van der Waals surface area contributed by atoms with Crippen molar-refractivity contribution in [1.29, 1.82) is 0 Å². The molecule has 1 heterocycles. The number of carbonyl (C=O) groups is 1. The van der Waals surface area contributed by atoms with Crippen LogP contribution in [0.15, 0.2) is 29.2 Å². The minimum absolute atomic E-state index is 0.178. The van der Waals surface area contributed by atoms with E-state index in [1.165, 1.54) is 31.8 Å². The van der Waals surface area contributed by atoms with E-state index in [4.69, 9.17) is 0 Å². The van der Waals surface area contributed by atoms with Crippen molar-refractivity contribution >= 4 is 15.9 Å². The Morgan fingerprint density at radius 2 is 1.54 bits per heavy atom. The van der Waals surface area contributed by atoms with Crippen molar-refractivity contribution in [3.05, 3.63) is 29.8 Å². The van der Waals surface area contributed by atoms with Gasteiger partial charge in [-0.15, -0.1) is 0 Å². The molecule has 0 atom stereocenters. The molecule has 1 fully saturated rings. The Bertz CT molecular complexity index is 668. The van der Waals surface area contributed by atoms with E-state index >= 15 is 0 Å². The van der Waals surface area contributed by atoms with Gasteiger partial charge in [0.2, 0.25) is 0 Å². The molecule has 1 aliphatic rings. The summed E-state index contributed by atoms with van der Waals surface area (Å²) in [6.45, 7) is 15.2. The van der Waals surface area contributed by atoms with Gasteiger partial charge in [0.25, 0.3) is 0 Å². The highest BCUT2D eigenvalue weighted by Gasteiger charge is 2.35. The molecule has 0 amide bonds. The largest absolute Gasteiger partial charge is 0.744 e. The molecular weight excluding hydrogens is 350 g/mol. The molecular formula is C20H33NO4S. The molecule has 0 aromatic heterocycles. The van der Waals surface area contributed by atoms with Crippen LogP contribution >= 0.6 is 0 Å². The first kappa shape index (κ1) is 22.8. The quantitative estimate of drug-likeness (QED) is 0.577. The van der Waals surface area contributed by atoms with Gasteiger partial charge in [-0.3, -0.25) is 4.79 Å². The van der Waals surface area contributed by atoms with Gasteiger partial charge in [-0.25, -0.2) is 8.42 Å². The lowest BCUT2D eigenvalue weighted by molar-refractivity contribution is -0.928. The molecule has 0 saturated carbocycles. The number of hydrogen-bond acceptors (Lipinski definition) is 4. The molecule has 0 N–H and O–H groups in total. The maximum absolute atomic E-state index is 11.6. The van der Waals surface area contributed by atoms with E-state index in [1.54, 1.807) is 12.1 Å². The van der Waals surface area contributed by atoms with E-state index in [-0.39, 0.29) is 4.90 Å². The number of Topliss-reactive ketones (excluding diaryl/α,β-unsaturated/α-hetero) is 1. The van der Waals surface area contributed by atoms with Crippen molar-refractivity contribution < 1.29 is 22.2 Å². The minimum atomic E-state index is -4.27. The van der Waals surface area contributed by atoms with Gasteiger partial charge < -0.3 is 9.04 Å². The summed E-state index contributed by atoms with van der Waals surface area (Å²) in [5, 5.41) is 0. The average molecular weight is 384 g/mol. The van der Waals surface area contributed by atoms with Crippen molar-refractivity contribution in [2.24, 2.45) is 11.8 Å². The summed E-state index contributed by atoms with van der Waals surface area (Å²) in [6.07, 6.45) is 1.91. The van der Waals surface area contributed by atoms with Gasteiger partial charge in [-0.2, -0.15) is 0 Å². The fraction of sp³-hybridized carbons (Fsp3) is 0.650. The Morgan fingerprint density at radius 1 is 1.04 bits per heavy atom. The molecule has 1 aromatic carbocycles. The van der Waals surface area contributed by atoms with Gasteiger partial charge in [-0.05, 0) is 19.1 Å². The zero-order valence-corrected chi connectivity index (χ0v) is 17.5. The second-order valence-electron chi connectivity index (χ2n) is 8.29. The molecule has 0 radical (unpaired) electrons. The Kier molecular flexibility index (Phi) is 8.44. The molecule has 1 saturated heterocycles. The van der Waals surface area contributed by atoms with Gasteiger partial charge in [0.15, 0.2) is 5.78 Å². The molecule has 0 aliphatic carbocycles. The van der Waals surface area contributed by atoms with Crippen molar-refractivity contribution in [2.75, 3.05) is 26.2 Å². The van der Waals surface area contributed by atoms with Crippen molar-refractivity contribution in [2.45, 2.75) is 52.4 Å². The fourth-order valence-electron chi connectivity index (χ4n) is 3.78. The number of ketones is 1. The van der Waals surface area contributed by atoms with Crippen LogP contribution in [0.25, 0.3) is 0 Å². The van der Waals surface area contributed by atoms with Crippen LogP contribution in [-0.4, -0.2) is 49.4 Å². The van der Waals surface area contributed by atoms with E-state index in [9.17, 15) is 17.8 Å². The Morgan fingerprint density at radius 3 is 1.92 bits per heavy atom. The summed E-state index contributed by atoms with van der Waals surface area (Å²) in [7, 11) is -4.27. The molecule has 1 aromatic rings. The van der Waals surface area contributed by atoms with Crippen molar-refractivity contribution in [3.63, 3.8) is 0 Å². The van der Waals surface area contributed by atoms with Gasteiger partial charge >= 0.3 is 0 Å². The number of quaternary nitrogens is 1. The summed E-state index contributed by atoms with van der Waals surface area (Å²) in [5.74, 6) is 1.85. The Balaban J connectivity index is 0.000000273. The van der Waals surface area contributed by atoms with Crippen molar-refractivity contribution in [1.82, 2.24) is 0 Å². The molecule has 5 nitrogen and oxygen atoms in total. The van der Waals surface area contributed by atoms with Gasteiger partial charge in [0, 0.05) is 24.7 Å². The first-order valence-corrected chi connectivity index (χ1v) is 10.7. The van der Waals surface area contributed by atoms with E-state index in [0.29, 0.717) is 17.6 Å². The van der Waals surface area contributed by atoms with Crippen molar-refractivity contribution in [3.8, 4) is 0 Å². The van der Waals surface area contributed by atoms with Crippen LogP contribution in [0.3, 0.4) is 0 Å². The number of hydrogen-bond donors (Lipinski definition) is 0. The number of piperidine rings is 1. The van der Waals surface area contributed by atoms with Gasteiger partial charge in [0.05, 0.1) is 24.5 Å². The lowest BCUT2D eigenvalue weighted by Gasteiger charge is -2.43. The smallest absolute Gasteiger partial charge is 0.187 e. The lowest BCUT2D eigenvalue weighted by atomic mass is 10.0. The number of likely N-dealkylation sites (tertiary alicyclic amines) is 1. The summed E-state index contributed by atoms with van der Waals surface area (Å²) in [4.78, 5) is 11.4. The standard InChI is InChI=1S/C13H26NO.C7H8O3S/c1-11(2)8-14(9-12(3)4)7-5-6-13(15)10-14;1-6-2-4-7(5-3-6)11(8,9)10/h11-12H,5-10H2,1-4H3;2-5H,1H3,(H,8,9,10)/q+1;/p-1. The summed E-state index contributed by atoms with van der Waals surface area (Å²) in [5.41, 5.74) is 0.928. The third-order valence-corrected chi connectivity index (χ3v) is 5.26. The molecule has 148 valence electrons. The zero-order valence-electron chi connectivity index (χ0n) is 16.7. The predicted octanol–water partition coefficient (Wildman–Crippen LogP) is 3.38. The second-order valence-corrected chi connectivity index (χ2v) is 9.67. The maximum Gasteiger partial charge on any atom is 0.187 e. The van der Waals surface area contributed by atoms with Crippen LogP contribution in [0.2, 0.25) is 0 Å². The SMILES string of the molecule is CC(C)C[N+]1(CC(C)C)CCCC(=O)C1.Cc1ccc(S(=O)(=O)[O-])cc1. The number of carbonyl (C=O) groups excluding carboxylic acids is 1. The molecule has 0 bridgehead atoms. The third kappa shape index (κ3) is 7.98. The van der Waals surface area contributed by atoms with Crippen LogP contribution in [0.1, 0.15) is 46.1 Å². The minimum Gasteiger partial charge on any atom is -0.744 e. The predicted molar refractivity (Wildman–Crippen MR) is 103 cm³/mol. The van der Waals surface area contributed by atoms with E-state index in [1.807, 2.05) is 6.92 Å². The number of rotatable bonds is 5. The van der Waals surface area contributed by atoms with Gasteiger partial charge in [-0.1, -0.05) is 45.4 Å². The Hall–Kier alpha value is -1.24. The highest BCUT2D eigenvalue weighted by Crippen LogP contribution is 2.21. The van der Waals surface area contributed by atoms with Crippen LogP contribution in [0.5, 0.6) is 0 Å². The summed E-state index contributed by atoms with van der Waals surface area (Å²) < 4.78 is 32.2. The number of benzene rings is 1. The topological polar surface area (TPSA) is 74.3 Å². The molecule has 1 aliphatic heterocycles. The summed E-state index contributed by atoms with van der Waals surface area (Å²) in [6, 6.07) is 5.78. The highest BCUT2D eigenvalue weighted by atomic mass is 32.2. The molecule has 0 spiro atoms. The first-order chi connectivity index (χ1) is 11.9. The summed E-state index contributed by atoms with van der Waals surface area (Å²) >= 11 is 0. The highest BCUT2D eigenvalue weighted by molar-refractivity contribution is 7.85. The van der Waals surface area contributed by atoms with Crippen LogP contribution in [-0.2, 0) is 14.9 Å². The Labute approximate surface area is 158 Å². The van der Waals surface area contributed by atoms with Crippen LogP contribution in [0.4, 0.5) is 0 Å². The van der Waals surface area contributed by atoms with Gasteiger partial charge in [0.1, 0.15) is 16.7 Å². The molecule has 2 rings (SSSR count). The number of nitrogens with zero attached hydrogens (tertiary/aromatic N) is 1. The second kappa shape index (κ2) is 9.62. The zero-order chi connectivity index (χ0) is 20.0. The van der Waals surface area contributed by atoms with Crippen LogP contribution < -0.4 is 0 Å². The van der Waals surface area contributed by atoms with E-state index < -0.39 is 10.1 Å². The van der Waals surface area contributed by atoms with Crippen LogP contribution in [0, 0.1) is 18.8 Å². The monoisotopic (exact) mass is 383 g/mol. The molecule has 0 unspecified atom stereocenters. The first-order valence-electron chi connectivity index (χ1n) is 9.33.